The summed E-state index contributed by atoms with van der Waals surface area (Å²) in [6.07, 6.45) is 0. The second-order valence-corrected chi connectivity index (χ2v) is 10.8. The minimum Gasteiger partial charge on any atom is -0.497 e. The molecule has 1 amide bonds. The number of carbonyl (C=O) groups excluding carboxylic acids is 1. The van der Waals surface area contributed by atoms with Gasteiger partial charge in [-0.1, -0.05) is 47.8 Å². The zero-order chi connectivity index (χ0) is 26.8. The molecule has 1 aliphatic rings. The molecule has 194 valence electrons. The summed E-state index contributed by atoms with van der Waals surface area (Å²) < 4.78 is 10.7. The molecule has 0 unspecified atom stereocenters. The highest BCUT2D eigenvalue weighted by Crippen LogP contribution is 2.48. The van der Waals surface area contributed by atoms with Crippen molar-refractivity contribution in [3.8, 4) is 34.0 Å². The van der Waals surface area contributed by atoms with Crippen LogP contribution in [0.3, 0.4) is 0 Å². The Hall–Kier alpha value is -4.14. The van der Waals surface area contributed by atoms with Gasteiger partial charge in [-0.2, -0.15) is 0 Å². The maximum Gasteiger partial charge on any atom is 0.242 e. The van der Waals surface area contributed by atoms with Crippen LogP contribution in [-0.2, 0) is 4.79 Å². The number of rotatable bonds is 7. The van der Waals surface area contributed by atoms with E-state index in [1.54, 1.807) is 26.0 Å². The van der Waals surface area contributed by atoms with E-state index in [0.717, 1.165) is 55.2 Å². The summed E-state index contributed by atoms with van der Waals surface area (Å²) in [5.74, 6) is 1.78. The molecule has 1 aromatic heterocycles. The molecule has 5 aromatic rings. The van der Waals surface area contributed by atoms with Crippen molar-refractivity contribution in [1.82, 2.24) is 9.97 Å². The molecule has 0 saturated carbocycles. The molecule has 8 heteroatoms. The number of benzene rings is 4. The minimum absolute atomic E-state index is 0.00593. The number of hydrogen-bond acceptors (Lipinski definition) is 6. The summed E-state index contributed by atoms with van der Waals surface area (Å²) in [6.45, 7) is 0. The smallest absolute Gasteiger partial charge is 0.242 e. The number of methoxy groups -OCH3 is 2. The number of carbonyl (C=O) groups is 1. The second-order valence-electron chi connectivity index (χ2n) is 8.78. The predicted molar refractivity (Wildman–Crippen MR) is 157 cm³/mol. The fourth-order valence-corrected chi connectivity index (χ4v) is 6.29. The van der Waals surface area contributed by atoms with Gasteiger partial charge in [-0.15, -0.1) is 0 Å². The number of H-pyrrole nitrogens is 1. The Morgan fingerprint density at radius 1 is 0.795 bits per heavy atom. The van der Waals surface area contributed by atoms with Crippen LogP contribution < -0.4 is 14.4 Å². The molecular weight excluding hydrogens is 526 g/mol. The Labute approximate surface area is 235 Å². The maximum atomic E-state index is 13.7. The van der Waals surface area contributed by atoms with Crippen LogP contribution in [-0.4, -0.2) is 35.8 Å². The molecule has 0 saturated heterocycles. The van der Waals surface area contributed by atoms with Crippen LogP contribution in [0.1, 0.15) is 0 Å². The molecule has 0 fully saturated rings. The quantitative estimate of drug-likeness (QED) is 0.209. The highest BCUT2D eigenvalue weighted by molar-refractivity contribution is 8.00. The van der Waals surface area contributed by atoms with Crippen molar-refractivity contribution in [2.45, 2.75) is 14.9 Å². The highest BCUT2D eigenvalue weighted by Gasteiger charge is 2.28. The molecule has 0 bridgehead atoms. The van der Waals surface area contributed by atoms with Gasteiger partial charge in [-0.3, -0.25) is 9.69 Å². The fraction of sp³-hybridized carbons (Fsp3) is 0.0968. The van der Waals surface area contributed by atoms with Crippen molar-refractivity contribution in [3.05, 3.63) is 97.1 Å². The van der Waals surface area contributed by atoms with Gasteiger partial charge in [-0.25, -0.2) is 4.98 Å². The van der Waals surface area contributed by atoms with Crippen LogP contribution >= 0.6 is 23.5 Å². The van der Waals surface area contributed by atoms with Gasteiger partial charge < -0.3 is 14.5 Å². The number of thioether (sulfide) groups is 1. The second kappa shape index (κ2) is 10.9. The third-order valence-electron chi connectivity index (χ3n) is 6.44. The van der Waals surface area contributed by atoms with Gasteiger partial charge in [0.15, 0.2) is 5.16 Å². The predicted octanol–water partition coefficient (Wildman–Crippen LogP) is 7.68. The first-order chi connectivity index (χ1) is 19.1. The zero-order valence-electron chi connectivity index (χ0n) is 21.4. The van der Waals surface area contributed by atoms with E-state index >= 15 is 0 Å². The third kappa shape index (κ3) is 5.01. The number of amides is 1. The molecule has 0 atom stereocenters. The average Bonchev–Trinajstić information content (AvgIpc) is 3.43. The van der Waals surface area contributed by atoms with Gasteiger partial charge in [0.2, 0.25) is 5.91 Å². The van der Waals surface area contributed by atoms with E-state index in [9.17, 15) is 4.79 Å². The molecule has 2 heterocycles. The lowest BCUT2D eigenvalue weighted by Crippen LogP contribution is -2.30. The first-order valence-corrected chi connectivity index (χ1v) is 14.2. The molecular formula is C31H25N3O3S2. The van der Waals surface area contributed by atoms with Gasteiger partial charge in [0.1, 0.15) is 11.5 Å². The molecule has 1 N–H and O–H groups in total. The number of imidazole rings is 1. The third-order valence-corrected chi connectivity index (χ3v) is 8.43. The number of nitrogens with zero attached hydrogens (tertiary/aromatic N) is 2. The first-order valence-electron chi connectivity index (χ1n) is 12.3. The number of fused-ring (bicyclic) bond motifs is 2. The topological polar surface area (TPSA) is 67.5 Å². The number of hydrogen-bond donors (Lipinski definition) is 1. The molecule has 4 aromatic carbocycles. The van der Waals surface area contributed by atoms with Gasteiger partial charge in [0, 0.05) is 20.9 Å². The van der Waals surface area contributed by atoms with Gasteiger partial charge in [0.05, 0.1) is 42.7 Å². The lowest BCUT2D eigenvalue weighted by molar-refractivity contribution is -0.115. The standard InChI is InChI=1S/C31H25N3O3S2/c1-36-22-15-11-20(12-16-22)29-30(21-13-17-23(37-2)18-14-21)33-31(32-29)38-19-28(35)34-24-7-3-5-9-26(24)39-27-10-6-4-8-25(27)34/h3-18H,19H2,1-2H3,(H,32,33). The molecule has 0 spiro atoms. The number of para-hydroxylation sites is 2. The zero-order valence-corrected chi connectivity index (χ0v) is 23.0. The number of aromatic nitrogens is 2. The van der Waals surface area contributed by atoms with Crippen molar-refractivity contribution in [2.75, 3.05) is 24.9 Å². The normalized spacial score (nSPS) is 12.0. The molecule has 39 heavy (non-hydrogen) atoms. The van der Waals surface area contributed by atoms with Gasteiger partial charge in [0.25, 0.3) is 0 Å². The van der Waals surface area contributed by atoms with Crippen LogP contribution in [0.4, 0.5) is 11.4 Å². The Balaban J connectivity index is 1.31. The summed E-state index contributed by atoms with van der Waals surface area (Å²) in [5, 5.41) is 0.674. The molecule has 6 nitrogen and oxygen atoms in total. The molecule has 1 aliphatic heterocycles. The Morgan fingerprint density at radius 3 is 1.90 bits per heavy atom. The van der Waals surface area contributed by atoms with E-state index in [-0.39, 0.29) is 11.7 Å². The van der Waals surface area contributed by atoms with E-state index in [1.807, 2.05) is 89.8 Å². The largest absolute Gasteiger partial charge is 0.497 e. The molecule has 6 rings (SSSR count). The lowest BCUT2D eigenvalue weighted by atomic mass is 10.0. The fourth-order valence-electron chi connectivity index (χ4n) is 4.51. The summed E-state index contributed by atoms with van der Waals surface area (Å²) in [6, 6.07) is 31.7. The van der Waals surface area contributed by atoms with Crippen molar-refractivity contribution in [2.24, 2.45) is 0 Å². The van der Waals surface area contributed by atoms with E-state index in [4.69, 9.17) is 14.5 Å². The summed E-state index contributed by atoms with van der Waals surface area (Å²) >= 11 is 3.08. The van der Waals surface area contributed by atoms with E-state index < -0.39 is 0 Å². The number of aromatic amines is 1. The highest BCUT2D eigenvalue weighted by atomic mass is 32.2. The van der Waals surface area contributed by atoms with Crippen LogP contribution in [0, 0.1) is 0 Å². The summed E-state index contributed by atoms with van der Waals surface area (Å²) in [4.78, 5) is 26.0. The average molecular weight is 552 g/mol. The Bertz CT molecular complexity index is 1520. The molecule has 0 radical (unpaired) electrons. The summed E-state index contributed by atoms with van der Waals surface area (Å²) in [5.41, 5.74) is 5.43. The van der Waals surface area contributed by atoms with Gasteiger partial charge in [-0.05, 0) is 72.8 Å². The van der Waals surface area contributed by atoms with Crippen LogP contribution in [0.2, 0.25) is 0 Å². The minimum atomic E-state index is -0.00593. The number of ether oxygens (including phenoxy) is 2. The van der Waals surface area contributed by atoms with Crippen molar-refractivity contribution in [3.63, 3.8) is 0 Å². The summed E-state index contributed by atoms with van der Waals surface area (Å²) in [7, 11) is 3.30. The van der Waals surface area contributed by atoms with E-state index in [1.165, 1.54) is 11.8 Å². The van der Waals surface area contributed by atoms with Crippen molar-refractivity contribution < 1.29 is 14.3 Å². The maximum absolute atomic E-state index is 13.7. The van der Waals surface area contributed by atoms with E-state index in [0.29, 0.717) is 5.16 Å². The number of anilines is 2. The lowest BCUT2D eigenvalue weighted by Gasteiger charge is -2.30. The van der Waals surface area contributed by atoms with E-state index in [2.05, 4.69) is 17.1 Å². The van der Waals surface area contributed by atoms with Gasteiger partial charge >= 0.3 is 0 Å². The van der Waals surface area contributed by atoms with Crippen LogP contribution in [0.25, 0.3) is 22.5 Å². The first kappa shape index (κ1) is 25.2. The SMILES string of the molecule is COc1ccc(-c2nc(SCC(=O)N3c4ccccc4Sc4ccccc43)[nH]c2-c2ccc(OC)cc2)cc1. The Morgan fingerprint density at radius 2 is 1.33 bits per heavy atom. The number of nitrogens with one attached hydrogen (secondary N) is 1. The van der Waals surface area contributed by atoms with Crippen LogP contribution in [0.5, 0.6) is 11.5 Å². The monoisotopic (exact) mass is 551 g/mol. The van der Waals surface area contributed by atoms with Crippen LogP contribution in [0.15, 0.2) is 112 Å². The molecule has 0 aliphatic carbocycles. The van der Waals surface area contributed by atoms with Crippen molar-refractivity contribution >= 4 is 40.8 Å². The van der Waals surface area contributed by atoms with Crippen molar-refractivity contribution in [1.29, 1.82) is 0 Å². The Kier molecular flexibility index (Phi) is 7.04.